The third-order valence-electron chi connectivity index (χ3n) is 3.66. The first kappa shape index (κ1) is 15.8. The summed E-state index contributed by atoms with van der Waals surface area (Å²) in [5.41, 5.74) is 1.94. The molecule has 0 aliphatic heterocycles. The van der Waals surface area contributed by atoms with Crippen molar-refractivity contribution in [2.75, 3.05) is 13.6 Å². The highest BCUT2D eigenvalue weighted by Gasteiger charge is 2.26. The summed E-state index contributed by atoms with van der Waals surface area (Å²) >= 11 is 0. The molecule has 112 valence electrons. The summed E-state index contributed by atoms with van der Waals surface area (Å²) in [5.74, 6) is -0.501. The van der Waals surface area contributed by atoms with E-state index in [2.05, 4.69) is 6.07 Å². The molecule has 0 heterocycles. The molecule has 0 spiro atoms. The Labute approximate surface area is 131 Å². The summed E-state index contributed by atoms with van der Waals surface area (Å²) in [5, 5.41) is 8.95. The molecular weight excluding hydrogens is 272 g/mol. The van der Waals surface area contributed by atoms with Gasteiger partial charge in [0.15, 0.2) is 0 Å². The molecule has 0 saturated heterocycles. The molecule has 1 amide bonds. The van der Waals surface area contributed by atoms with Gasteiger partial charge in [-0.05, 0) is 18.1 Å². The maximum absolute atomic E-state index is 12.9. The zero-order valence-electron chi connectivity index (χ0n) is 12.9. The lowest BCUT2D eigenvalue weighted by atomic mass is 9.90. The largest absolute Gasteiger partial charge is 0.344 e. The summed E-state index contributed by atoms with van der Waals surface area (Å²) in [6.45, 7) is 2.26. The van der Waals surface area contributed by atoms with Crippen molar-refractivity contribution in [3.8, 4) is 6.07 Å². The van der Waals surface area contributed by atoms with E-state index in [1.165, 1.54) is 0 Å². The van der Waals surface area contributed by atoms with Crippen molar-refractivity contribution in [3.63, 3.8) is 0 Å². The summed E-state index contributed by atoms with van der Waals surface area (Å²) < 4.78 is 0. The van der Waals surface area contributed by atoms with Gasteiger partial charge < -0.3 is 4.90 Å². The lowest BCUT2D eigenvalue weighted by molar-refractivity contribution is -0.130. The van der Waals surface area contributed by atoms with Crippen LogP contribution in [-0.4, -0.2) is 24.4 Å². The first-order valence-corrected chi connectivity index (χ1v) is 7.38. The molecule has 3 nitrogen and oxygen atoms in total. The highest BCUT2D eigenvalue weighted by molar-refractivity contribution is 5.87. The van der Waals surface area contributed by atoms with Crippen LogP contribution < -0.4 is 0 Å². The molecule has 0 aliphatic carbocycles. The van der Waals surface area contributed by atoms with E-state index in [4.69, 9.17) is 5.26 Å². The second-order valence-electron chi connectivity index (χ2n) is 5.50. The average Bonchev–Trinajstić information content (AvgIpc) is 2.56. The van der Waals surface area contributed by atoms with E-state index in [0.29, 0.717) is 6.54 Å². The van der Waals surface area contributed by atoms with Gasteiger partial charge >= 0.3 is 0 Å². The molecule has 0 bridgehead atoms. The molecule has 1 atom stereocenters. The van der Waals surface area contributed by atoms with Gasteiger partial charge in [-0.2, -0.15) is 5.26 Å². The molecule has 3 heteroatoms. The van der Waals surface area contributed by atoms with E-state index >= 15 is 0 Å². The van der Waals surface area contributed by atoms with E-state index in [1.807, 2.05) is 67.6 Å². The van der Waals surface area contributed by atoms with E-state index in [-0.39, 0.29) is 17.7 Å². The molecule has 0 unspecified atom stereocenters. The molecular formula is C19H20N2O. The second kappa shape index (κ2) is 7.42. The van der Waals surface area contributed by atoms with Crippen LogP contribution in [0, 0.1) is 17.2 Å². The van der Waals surface area contributed by atoms with E-state index in [9.17, 15) is 4.79 Å². The maximum Gasteiger partial charge on any atom is 0.234 e. The van der Waals surface area contributed by atoms with E-state index < -0.39 is 0 Å². The van der Waals surface area contributed by atoms with Crippen LogP contribution in [0.25, 0.3) is 0 Å². The van der Waals surface area contributed by atoms with Gasteiger partial charge in [-0.3, -0.25) is 4.79 Å². The SMILES string of the molecule is C[C@@H](C#N)CN(C)C(=O)C(c1ccccc1)c1ccccc1. The Hall–Kier alpha value is -2.60. The number of carbonyl (C=O) groups is 1. The number of carbonyl (C=O) groups excluding carboxylic acids is 1. The fraction of sp³-hybridized carbons (Fsp3) is 0.263. The van der Waals surface area contributed by atoms with E-state index in [0.717, 1.165) is 11.1 Å². The average molecular weight is 292 g/mol. The van der Waals surface area contributed by atoms with Crippen molar-refractivity contribution in [2.24, 2.45) is 5.92 Å². The highest BCUT2D eigenvalue weighted by Crippen LogP contribution is 2.26. The number of benzene rings is 2. The Bertz CT molecular complexity index is 607. The van der Waals surface area contributed by atoms with Crippen LogP contribution in [0.4, 0.5) is 0 Å². The molecule has 0 N–H and O–H groups in total. The molecule has 0 radical (unpaired) electrons. The van der Waals surface area contributed by atoms with Crippen molar-refractivity contribution < 1.29 is 4.79 Å². The Morgan fingerprint density at radius 1 is 1.05 bits per heavy atom. The van der Waals surface area contributed by atoms with E-state index in [1.54, 1.807) is 11.9 Å². The summed E-state index contributed by atoms with van der Waals surface area (Å²) in [7, 11) is 1.76. The molecule has 0 aliphatic rings. The molecule has 0 fully saturated rings. The van der Waals surface area contributed by atoms with Crippen LogP contribution in [0.3, 0.4) is 0 Å². The predicted octanol–water partition coefficient (Wildman–Crippen LogP) is 3.44. The van der Waals surface area contributed by atoms with Gasteiger partial charge in [0.05, 0.1) is 17.9 Å². The van der Waals surface area contributed by atoms with Crippen LogP contribution in [-0.2, 0) is 4.79 Å². The van der Waals surface area contributed by atoms with Crippen molar-refractivity contribution in [3.05, 3.63) is 71.8 Å². The van der Waals surface area contributed by atoms with Gasteiger partial charge in [0.2, 0.25) is 5.91 Å². The summed E-state index contributed by atoms with van der Waals surface area (Å²) in [6.07, 6.45) is 0. The number of likely N-dealkylation sites (N-methyl/N-ethyl adjacent to an activating group) is 1. The smallest absolute Gasteiger partial charge is 0.234 e. The number of nitrogens with zero attached hydrogens (tertiary/aromatic N) is 2. The number of nitriles is 1. The Morgan fingerprint density at radius 2 is 1.50 bits per heavy atom. The molecule has 0 saturated carbocycles. The lowest BCUT2D eigenvalue weighted by Crippen LogP contribution is -2.35. The Kier molecular flexibility index (Phi) is 5.32. The first-order valence-electron chi connectivity index (χ1n) is 7.38. The third kappa shape index (κ3) is 3.73. The zero-order chi connectivity index (χ0) is 15.9. The number of rotatable bonds is 5. The fourth-order valence-corrected chi connectivity index (χ4v) is 2.53. The van der Waals surface area contributed by atoms with Crippen LogP contribution in [0.15, 0.2) is 60.7 Å². The lowest BCUT2D eigenvalue weighted by Gasteiger charge is -2.25. The van der Waals surface area contributed by atoms with Crippen LogP contribution in [0.1, 0.15) is 24.0 Å². The van der Waals surface area contributed by atoms with Crippen LogP contribution >= 0.6 is 0 Å². The van der Waals surface area contributed by atoms with Crippen molar-refractivity contribution in [1.82, 2.24) is 4.90 Å². The molecule has 2 rings (SSSR count). The molecule has 0 aromatic heterocycles. The van der Waals surface area contributed by atoms with Gasteiger partial charge in [0.25, 0.3) is 0 Å². The Morgan fingerprint density at radius 3 is 1.91 bits per heavy atom. The minimum atomic E-state index is -0.335. The van der Waals surface area contributed by atoms with Crippen molar-refractivity contribution in [2.45, 2.75) is 12.8 Å². The normalized spacial score (nSPS) is 11.7. The van der Waals surface area contributed by atoms with Crippen molar-refractivity contribution in [1.29, 1.82) is 5.26 Å². The number of hydrogen-bond acceptors (Lipinski definition) is 2. The quantitative estimate of drug-likeness (QED) is 0.847. The Balaban J connectivity index is 2.33. The molecule has 22 heavy (non-hydrogen) atoms. The fourth-order valence-electron chi connectivity index (χ4n) is 2.53. The standard InChI is InChI=1S/C19H20N2O/c1-15(13-20)14-21(2)19(22)18(16-9-5-3-6-10-16)17-11-7-4-8-12-17/h3-12,15,18H,14H2,1-2H3/t15-/m0/s1. The van der Waals surface area contributed by atoms with Gasteiger partial charge in [-0.15, -0.1) is 0 Å². The zero-order valence-corrected chi connectivity index (χ0v) is 12.9. The van der Waals surface area contributed by atoms with Crippen LogP contribution in [0.2, 0.25) is 0 Å². The first-order chi connectivity index (χ1) is 10.6. The number of amides is 1. The highest BCUT2D eigenvalue weighted by atomic mass is 16.2. The maximum atomic E-state index is 12.9. The predicted molar refractivity (Wildman–Crippen MR) is 87.1 cm³/mol. The second-order valence-corrected chi connectivity index (χ2v) is 5.50. The third-order valence-corrected chi connectivity index (χ3v) is 3.66. The van der Waals surface area contributed by atoms with Crippen molar-refractivity contribution >= 4 is 5.91 Å². The minimum Gasteiger partial charge on any atom is -0.344 e. The van der Waals surface area contributed by atoms with Gasteiger partial charge in [-0.1, -0.05) is 60.7 Å². The van der Waals surface area contributed by atoms with Gasteiger partial charge in [-0.25, -0.2) is 0 Å². The summed E-state index contributed by atoms with van der Waals surface area (Å²) in [4.78, 5) is 14.6. The number of hydrogen-bond donors (Lipinski definition) is 0. The van der Waals surface area contributed by atoms with Gasteiger partial charge in [0.1, 0.15) is 0 Å². The van der Waals surface area contributed by atoms with Gasteiger partial charge in [0, 0.05) is 13.6 Å². The molecule has 2 aromatic rings. The topological polar surface area (TPSA) is 44.1 Å². The van der Waals surface area contributed by atoms with Crippen LogP contribution in [0.5, 0.6) is 0 Å². The summed E-state index contributed by atoms with van der Waals surface area (Å²) in [6, 6.07) is 21.7. The molecule has 2 aromatic carbocycles. The minimum absolute atomic E-state index is 0.0134. The monoisotopic (exact) mass is 292 g/mol.